The van der Waals surface area contributed by atoms with E-state index in [1.165, 1.54) is 0 Å². The lowest BCUT2D eigenvalue weighted by Crippen LogP contribution is -2.59. The molecule has 0 amide bonds. The summed E-state index contributed by atoms with van der Waals surface area (Å²) in [7, 11) is 2.06. The first-order valence-corrected chi connectivity index (χ1v) is 5.59. The Morgan fingerprint density at radius 2 is 2.07 bits per heavy atom. The quantitative estimate of drug-likeness (QED) is 0.757. The van der Waals surface area contributed by atoms with Crippen molar-refractivity contribution in [2.24, 2.45) is 0 Å². The highest BCUT2D eigenvalue weighted by atomic mass is 16.4. The number of hydrogen-bond acceptors (Lipinski definition) is 3. The fourth-order valence-corrected chi connectivity index (χ4v) is 2.74. The van der Waals surface area contributed by atoms with Crippen molar-refractivity contribution in [2.45, 2.75) is 45.3 Å². The molecule has 88 valence electrons. The molecule has 0 saturated carbocycles. The standard InChI is InChI=1S/C11H22N2O2/c1-8(2)13-9(3)6-12(4)7-10(13)5-11(14)15/h8-10H,5-7H2,1-4H3,(H,14,15). The maximum atomic E-state index is 10.8. The molecule has 0 aromatic rings. The summed E-state index contributed by atoms with van der Waals surface area (Å²) < 4.78 is 0. The fraction of sp³-hybridized carbons (Fsp3) is 0.909. The Morgan fingerprint density at radius 3 is 2.53 bits per heavy atom. The second kappa shape index (κ2) is 4.94. The molecule has 15 heavy (non-hydrogen) atoms. The Hall–Kier alpha value is -0.610. The van der Waals surface area contributed by atoms with Gasteiger partial charge in [0, 0.05) is 31.2 Å². The van der Waals surface area contributed by atoms with Crippen LogP contribution in [-0.2, 0) is 4.79 Å². The number of carboxylic acids is 1. The number of hydrogen-bond donors (Lipinski definition) is 1. The zero-order chi connectivity index (χ0) is 11.6. The van der Waals surface area contributed by atoms with Crippen molar-refractivity contribution in [2.75, 3.05) is 20.1 Å². The molecule has 1 heterocycles. The maximum absolute atomic E-state index is 10.8. The summed E-state index contributed by atoms with van der Waals surface area (Å²) in [6, 6.07) is 1.00. The van der Waals surface area contributed by atoms with Crippen LogP contribution in [0.15, 0.2) is 0 Å². The van der Waals surface area contributed by atoms with Crippen LogP contribution in [0.3, 0.4) is 0 Å². The van der Waals surface area contributed by atoms with Gasteiger partial charge in [-0.15, -0.1) is 0 Å². The predicted octanol–water partition coefficient (Wildman–Crippen LogP) is 0.874. The number of carboxylic acid groups (broad SMARTS) is 1. The largest absolute Gasteiger partial charge is 0.481 e. The molecule has 0 aliphatic carbocycles. The molecule has 1 aliphatic heterocycles. The van der Waals surface area contributed by atoms with E-state index in [0.29, 0.717) is 12.1 Å². The molecule has 0 radical (unpaired) electrons. The average Bonchev–Trinajstić information content (AvgIpc) is 1.99. The smallest absolute Gasteiger partial charge is 0.304 e. The molecule has 4 nitrogen and oxygen atoms in total. The third-order valence-electron chi connectivity index (χ3n) is 3.04. The summed E-state index contributed by atoms with van der Waals surface area (Å²) in [4.78, 5) is 15.4. The first kappa shape index (κ1) is 12.5. The number of likely N-dealkylation sites (N-methyl/N-ethyl adjacent to an activating group) is 1. The SMILES string of the molecule is CC(C)N1C(C)CN(C)CC1CC(=O)O. The van der Waals surface area contributed by atoms with E-state index in [-0.39, 0.29) is 12.5 Å². The van der Waals surface area contributed by atoms with Gasteiger partial charge in [-0.1, -0.05) is 0 Å². The van der Waals surface area contributed by atoms with E-state index in [2.05, 4.69) is 37.6 Å². The summed E-state index contributed by atoms with van der Waals surface area (Å²) in [5.41, 5.74) is 0. The molecule has 1 saturated heterocycles. The highest BCUT2D eigenvalue weighted by molar-refractivity contribution is 5.67. The fourth-order valence-electron chi connectivity index (χ4n) is 2.74. The monoisotopic (exact) mass is 214 g/mol. The molecule has 2 unspecified atom stereocenters. The van der Waals surface area contributed by atoms with Crippen molar-refractivity contribution >= 4 is 5.97 Å². The van der Waals surface area contributed by atoms with Gasteiger partial charge in [-0.3, -0.25) is 9.69 Å². The molecule has 1 N–H and O–H groups in total. The van der Waals surface area contributed by atoms with Crippen LogP contribution < -0.4 is 0 Å². The van der Waals surface area contributed by atoms with E-state index < -0.39 is 5.97 Å². The highest BCUT2D eigenvalue weighted by Gasteiger charge is 2.33. The minimum Gasteiger partial charge on any atom is -0.481 e. The molecule has 1 rings (SSSR count). The summed E-state index contributed by atoms with van der Waals surface area (Å²) in [5, 5.41) is 8.89. The van der Waals surface area contributed by atoms with Crippen LogP contribution in [0.4, 0.5) is 0 Å². The number of rotatable bonds is 3. The van der Waals surface area contributed by atoms with E-state index in [9.17, 15) is 4.79 Å². The van der Waals surface area contributed by atoms with E-state index in [1.54, 1.807) is 0 Å². The van der Waals surface area contributed by atoms with Crippen molar-refractivity contribution in [3.05, 3.63) is 0 Å². The van der Waals surface area contributed by atoms with Crippen LogP contribution in [0.2, 0.25) is 0 Å². The van der Waals surface area contributed by atoms with Gasteiger partial charge in [-0.05, 0) is 27.8 Å². The molecule has 0 aromatic heterocycles. The van der Waals surface area contributed by atoms with Crippen molar-refractivity contribution in [1.82, 2.24) is 9.80 Å². The highest BCUT2D eigenvalue weighted by Crippen LogP contribution is 2.20. The normalized spacial score (nSPS) is 29.7. The third kappa shape index (κ3) is 3.18. The summed E-state index contributed by atoms with van der Waals surface area (Å²) in [6.07, 6.45) is 0.243. The third-order valence-corrected chi connectivity index (χ3v) is 3.04. The van der Waals surface area contributed by atoms with Crippen LogP contribution in [0.25, 0.3) is 0 Å². The lowest BCUT2D eigenvalue weighted by atomic mass is 10.0. The first-order chi connectivity index (χ1) is 6.91. The molecule has 4 heteroatoms. The molecular formula is C11H22N2O2. The van der Waals surface area contributed by atoms with Crippen molar-refractivity contribution < 1.29 is 9.90 Å². The van der Waals surface area contributed by atoms with Crippen molar-refractivity contribution in [3.63, 3.8) is 0 Å². The number of aliphatic carboxylic acids is 1. The van der Waals surface area contributed by atoms with E-state index in [4.69, 9.17) is 5.11 Å². The van der Waals surface area contributed by atoms with Gasteiger partial charge >= 0.3 is 5.97 Å². The van der Waals surface area contributed by atoms with Gasteiger partial charge in [-0.25, -0.2) is 0 Å². The van der Waals surface area contributed by atoms with Crippen molar-refractivity contribution in [3.8, 4) is 0 Å². The molecular weight excluding hydrogens is 192 g/mol. The lowest BCUT2D eigenvalue weighted by molar-refractivity contribution is -0.139. The van der Waals surface area contributed by atoms with Gasteiger partial charge in [-0.2, -0.15) is 0 Å². The van der Waals surface area contributed by atoms with Crippen LogP contribution in [0.5, 0.6) is 0 Å². The van der Waals surface area contributed by atoms with Gasteiger partial charge in [0.2, 0.25) is 0 Å². The van der Waals surface area contributed by atoms with E-state index in [1.807, 2.05) is 0 Å². The van der Waals surface area contributed by atoms with Crippen LogP contribution in [-0.4, -0.2) is 59.1 Å². The predicted molar refractivity (Wildman–Crippen MR) is 60.0 cm³/mol. The van der Waals surface area contributed by atoms with Crippen LogP contribution in [0, 0.1) is 0 Å². The molecule has 1 fully saturated rings. The second-order valence-electron chi connectivity index (χ2n) is 4.86. The molecule has 1 aliphatic rings. The lowest BCUT2D eigenvalue weighted by Gasteiger charge is -2.46. The van der Waals surface area contributed by atoms with Crippen LogP contribution in [0.1, 0.15) is 27.2 Å². The minimum absolute atomic E-state index is 0.149. The van der Waals surface area contributed by atoms with E-state index in [0.717, 1.165) is 13.1 Å². The molecule has 2 atom stereocenters. The number of carbonyl (C=O) groups is 1. The maximum Gasteiger partial charge on any atom is 0.304 e. The van der Waals surface area contributed by atoms with Gasteiger partial charge in [0.05, 0.1) is 6.42 Å². The molecule has 0 spiro atoms. The zero-order valence-electron chi connectivity index (χ0n) is 10.1. The Balaban J connectivity index is 2.72. The minimum atomic E-state index is -0.701. The topological polar surface area (TPSA) is 43.8 Å². The van der Waals surface area contributed by atoms with E-state index >= 15 is 0 Å². The number of piperazine rings is 1. The Kier molecular flexibility index (Phi) is 4.11. The van der Waals surface area contributed by atoms with Gasteiger partial charge in [0.25, 0.3) is 0 Å². The zero-order valence-corrected chi connectivity index (χ0v) is 10.1. The first-order valence-electron chi connectivity index (χ1n) is 5.59. The Labute approximate surface area is 91.9 Å². The summed E-state index contributed by atoms with van der Waals surface area (Å²) >= 11 is 0. The Morgan fingerprint density at radius 1 is 1.47 bits per heavy atom. The summed E-state index contributed by atoms with van der Waals surface area (Å²) in [5.74, 6) is -0.701. The molecule has 0 bridgehead atoms. The summed E-state index contributed by atoms with van der Waals surface area (Å²) in [6.45, 7) is 8.32. The Bertz CT molecular complexity index is 231. The average molecular weight is 214 g/mol. The van der Waals surface area contributed by atoms with Gasteiger partial charge < -0.3 is 10.0 Å². The van der Waals surface area contributed by atoms with Crippen LogP contribution >= 0.6 is 0 Å². The second-order valence-corrected chi connectivity index (χ2v) is 4.86. The van der Waals surface area contributed by atoms with Gasteiger partial charge in [0.1, 0.15) is 0 Å². The number of nitrogens with zero attached hydrogens (tertiary/aromatic N) is 2. The van der Waals surface area contributed by atoms with Crippen molar-refractivity contribution in [1.29, 1.82) is 0 Å². The molecule has 0 aromatic carbocycles. The van der Waals surface area contributed by atoms with Gasteiger partial charge in [0.15, 0.2) is 0 Å².